The first-order valence-electron chi connectivity index (χ1n) is 11.1. The van der Waals surface area contributed by atoms with E-state index in [1.165, 1.54) is 32.5 Å². The molecular formula is C21H40N4O2. The van der Waals surface area contributed by atoms with Crippen molar-refractivity contribution in [2.75, 3.05) is 59.0 Å². The Morgan fingerprint density at radius 1 is 1.07 bits per heavy atom. The third kappa shape index (κ3) is 6.33. The molecule has 0 amide bonds. The molecule has 3 aliphatic heterocycles. The molecule has 0 saturated carbocycles. The van der Waals surface area contributed by atoms with Crippen LogP contribution >= 0.6 is 0 Å². The van der Waals surface area contributed by atoms with Crippen molar-refractivity contribution in [3.63, 3.8) is 0 Å². The first kappa shape index (κ1) is 20.9. The van der Waals surface area contributed by atoms with E-state index in [0.29, 0.717) is 5.92 Å². The summed E-state index contributed by atoms with van der Waals surface area (Å²) >= 11 is 0. The van der Waals surface area contributed by atoms with E-state index in [2.05, 4.69) is 35.9 Å². The van der Waals surface area contributed by atoms with E-state index in [-0.39, 0.29) is 12.2 Å². The smallest absolute Gasteiger partial charge is 0.194 e. The van der Waals surface area contributed by atoms with Gasteiger partial charge in [-0.25, -0.2) is 0 Å². The van der Waals surface area contributed by atoms with Crippen molar-refractivity contribution >= 4 is 5.96 Å². The SMILES string of the molecule is CCNC(=NCC1CCCN(CC(C)C)C1)N1CCOC(C2CCCO2)C1. The van der Waals surface area contributed by atoms with Gasteiger partial charge in [-0.2, -0.15) is 0 Å². The Morgan fingerprint density at radius 3 is 2.67 bits per heavy atom. The molecule has 3 rings (SSSR count). The zero-order chi connectivity index (χ0) is 19.1. The fourth-order valence-corrected chi connectivity index (χ4v) is 4.61. The lowest BCUT2D eigenvalue weighted by Gasteiger charge is -2.37. The Labute approximate surface area is 165 Å². The van der Waals surface area contributed by atoms with Crippen LogP contribution in [0.3, 0.4) is 0 Å². The molecule has 3 fully saturated rings. The molecule has 0 aromatic heterocycles. The molecule has 0 aliphatic carbocycles. The van der Waals surface area contributed by atoms with Crippen LogP contribution in [-0.4, -0.2) is 87.0 Å². The first-order chi connectivity index (χ1) is 13.2. The van der Waals surface area contributed by atoms with Crippen LogP contribution in [0.2, 0.25) is 0 Å². The molecular weight excluding hydrogens is 340 g/mol. The lowest BCUT2D eigenvalue weighted by Crippen LogP contribution is -2.53. The van der Waals surface area contributed by atoms with Gasteiger partial charge in [-0.15, -0.1) is 0 Å². The Balaban J connectivity index is 1.55. The fourth-order valence-electron chi connectivity index (χ4n) is 4.61. The second-order valence-corrected chi connectivity index (χ2v) is 8.76. The van der Waals surface area contributed by atoms with Gasteiger partial charge < -0.3 is 24.6 Å². The van der Waals surface area contributed by atoms with Crippen LogP contribution in [0, 0.1) is 11.8 Å². The number of rotatable bonds is 6. The van der Waals surface area contributed by atoms with Gasteiger partial charge in [-0.3, -0.25) is 4.99 Å². The van der Waals surface area contributed by atoms with Gasteiger partial charge in [-0.1, -0.05) is 13.8 Å². The molecule has 3 heterocycles. The van der Waals surface area contributed by atoms with Crippen LogP contribution in [0.4, 0.5) is 0 Å². The predicted molar refractivity (Wildman–Crippen MR) is 110 cm³/mol. The van der Waals surface area contributed by atoms with Crippen LogP contribution in [0.15, 0.2) is 4.99 Å². The number of hydrogen-bond acceptors (Lipinski definition) is 4. The highest BCUT2D eigenvalue weighted by molar-refractivity contribution is 5.80. The van der Waals surface area contributed by atoms with Crippen molar-refractivity contribution < 1.29 is 9.47 Å². The Morgan fingerprint density at radius 2 is 1.93 bits per heavy atom. The first-order valence-corrected chi connectivity index (χ1v) is 11.1. The van der Waals surface area contributed by atoms with Crippen molar-refractivity contribution in [3.05, 3.63) is 0 Å². The van der Waals surface area contributed by atoms with Gasteiger partial charge in [0, 0.05) is 45.9 Å². The molecule has 3 saturated heterocycles. The van der Waals surface area contributed by atoms with Crippen LogP contribution in [0.1, 0.15) is 46.5 Å². The molecule has 3 aliphatic rings. The van der Waals surface area contributed by atoms with Gasteiger partial charge in [0.2, 0.25) is 0 Å². The van der Waals surface area contributed by atoms with Gasteiger partial charge in [0.25, 0.3) is 0 Å². The monoisotopic (exact) mass is 380 g/mol. The van der Waals surface area contributed by atoms with E-state index in [1.54, 1.807) is 0 Å². The summed E-state index contributed by atoms with van der Waals surface area (Å²) in [7, 11) is 0. The Hall–Kier alpha value is -0.850. The third-order valence-electron chi connectivity index (χ3n) is 5.83. The summed E-state index contributed by atoms with van der Waals surface area (Å²) in [5.74, 6) is 2.48. The maximum atomic E-state index is 6.01. The van der Waals surface area contributed by atoms with Gasteiger partial charge in [0.05, 0.1) is 12.7 Å². The maximum absolute atomic E-state index is 6.01. The van der Waals surface area contributed by atoms with Crippen LogP contribution in [0.5, 0.6) is 0 Å². The minimum absolute atomic E-state index is 0.182. The number of piperidine rings is 1. The van der Waals surface area contributed by atoms with Crippen molar-refractivity contribution in [1.82, 2.24) is 15.1 Å². The van der Waals surface area contributed by atoms with E-state index in [9.17, 15) is 0 Å². The highest BCUT2D eigenvalue weighted by Crippen LogP contribution is 2.22. The fraction of sp³-hybridized carbons (Fsp3) is 0.952. The van der Waals surface area contributed by atoms with Gasteiger partial charge in [-0.05, 0) is 51.0 Å². The molecule has 27 heavy (non-hydrogen) atoms. The normalized spacial score (nSPS) is 30.9. The number of guanidine groups is 1. The number of ether oxygens (including phenoxy) is 2. The highest BCUT2D eigenvalue weighted by Gasteiger charge is 2.32. The van der Waals surface area contributed by atoms with Crippen molar-refractivity contribution in [2.24, 2.45) is 16.8 Å². The largest absolute Gasteiger partial charge is 0.375 e. The maximum Gasteiger partial charge on any atom is 0.194 e. The van der Waals surface area contributed by atoms with E-state index in [4.69, 9.17) is 14.5 Å². The van der Waals surface area contributed by atoms with Gasteiger partial charge >= 0.3 is 0 Å². The molecule has 3 atom stereocenters. The van der Waals surface area contributed by atoms with Crippen molar-refractivity contribution in [3.8, 4) is 0 Å². The van der Waals surface area contributed by atoms with Gasteiger partial charge in [0.15, 0.2) is 5.96 Å². The molecule has 3 unspecified atom stereocenters. The quantitative estimate of drug-likeness (QED) is 0.565. The molecule has 0 aromatic carbocycles. The average molecular weight is 381 g/mol. The predicted octanol–water partition coefficient (Wildman–Crippen LogP) is 2.20. The standard InChI is InChI=1S/C21H40N4O2/c1-4-22-21(23-13-18-7-5-9-24(15-18)14-17(2)3)25-10-12-27-20(16-25)19-8-6-11-26-19/h17-20H,4-16H2,1-3H3,(H,22,23). The minimum Gasteiger partial charge on any atom is -0.375 e. The third-order valence-corrected chi connectivity index (χ3v) is 5.83. The summed E-state index contributed by atoms with van der Waals surface area (Å²) in [6.07, 6.45) is 5.34. The number of hydrogen-bond donors (Lipinski definition) is 1. The van der Waals surface area contributed by atoms with E-state index >= 15 is 0 Å². The van der Waals surface area contributed by atoms with Crippen LogP contribution in [-0.2, 0) is 9.47 Å². The molecule has 6 nitrogen and oxygen atoms in total. The minimum atomic E-state index is 0.182. The van der Waals surface area contributed by atoms with E-state index in [0.717, 1.165) is 64.1 Å². The topological polar surface area (TPSA) is 49.3 Å². The summed E-state index contributed by atoms with van der Waals surface area (Å²) < 4.78 is 11.9. The van der Waals surface area contributed by atoms with Crippen LogP contribution < -0.4 is 5.32 Å². The van der Waals surface area contributed by atoms with Gasteiger partial charge in [0.1, 0.15) is 6.10 Å². The highest BCUT2D eigenvalue weighted by atomic mass is 16.5. The second-order valence-electron chi connectivity index (χ2n) is 8.76. The Kier molecular flexibility index (Phi) is 8.22. The summed E-state index contributed by atoms with van der Waals surface area (Å²) in [4.78, 5) is 10.1. The number of aliphatic imine (C=N–C) groups is 1. The van der Waals surface area contributed by atoms with Crippen molar-refractivity contribution in [2.45, 2.75) is 58.7 Å². The number of morpholine rings is 1. The van der Waals surface area contributed by atoms with Crippen LogP contribution in [0.25, 0.3) is 0 Å². The summed E-state index contributed by atoms with van der Waals surface area (Å²) in [5, 5.41) is 3.51. The zero-order valence-corrected chi connectivity index (χ0v) is 17.7. The summed E-state index contributed by atoms with van der Waals surface area (Å²) in [6.45, 7) is 15.7. The molecule has 0 radical (unpaired) electrons. The lowest BCUT2D eigenvalue weighted by atomic mass is 9.97. The average Bonchev–Trinajstić information content (AvgIpc) is 3.20. The number of likely N-dealkylation sites (tertiary alicyclic amines) is 1. The summed E-state index contributed by atoms with van der Waals surface area (Å²) in [5.41, 5.74) is 0. The Bertz CT molecular complexity index is 465. The molecule has 156 valence electrons. The van der Waals surface area contributed by atoms with E-state index < -0.39 is 0 Å². The zero-order valence-electron chi connectivity index (χ0n) is 17.7. The van der Waals surface area contributed by atoms with E-state index in [1.807, 2.05) is 0 Å². The molecule has 1 N–H and O–H groups in total. The number of nitrogens with zero attached hydrogens (tertiary/aromatic N) is 3. The molecule has 0 bridgehead atoms. The van der Waals surface area contributed by atoms with Crippen molar-refractivity contribution in [1.29, 1.82) is 0 Å². The molecule has 6 heteroatoms. The second kappa shape index (κ2) is 10.6. The molecule has 0 spiro atoms. The lowest BCUT2D eigenvalue weighted by molar-refractivity contribution is -0.0817. The number of nitrogens with one attached hydrogen (secondary N) is 1. The molecule has 0 aromatic rings. The summed E-state index contributed by atoms with van der Waals surface area (Å²) in [6, 6.07) is 0.